The lowest BCUT2D eigenvalue weighted by Gasteiger charge is -2.19. The van der Waals surface area contributed by atoms with Crippen LogP contribution in [0, 0.1) is 11.8 Å². The number of halogens is 2. The summed E-state index contributed by atoms with van der Waals surface area (Å²) in [6, 6.07) is 3.21. The second kappa shape index (κ2) is 7.44. The van der Waals surface area contributed by atoms with Gasteiger partial charge in [-0.1, -0.05) is 35.0 Å². The molecular weight excluding hydrogens is 311 g/mol. The normalized spacial score (nSPS) is 10.5. The van der Waals surface area contributed by atoms with Gasteiger partial charge >= 0.3 is 6.09 Å². The SMILES string of the molecule is CC(C)(C)OC(=O)NCCC#Cc1cc(Cl)cc(Cl)c1N. The van der Waals surface area contributed by atoms with Crippen molar-refractivity contribution < 1.29 is 9.53 Å². The predicted molar refractivity (Wildman–Crippen MR) is 86.6 cm³/mol. The molecule has 3 N–H and O–H groups in total. The molecule has 0 saturated heterocycles. The van der Waals surface area contributed by atoms with Crippen molar-refractivity contribution in [1.82, 2.24) is 5.32 Å². The molecule has 1 amide bonds. The fourth-order valence-electron chi connectivity index (χ4n) is 1.39. The van der Waals surface area contributed by atoms with Crippen LogP contribution in [-0.4, -0.2) is 18.2 Å². The lowest BCUT2D eigenvalue weighted by molar-refractivity contribution is 0.0529. The standard InChI is InChI=1S/C15H18Cl2N2O2/c1-15(2,3)21-14(20)19-7-5-4-6-10-8-11(16)9-12(17)13(10)18/h8-9H,5,7,18H2,1-3H3,(H,19,20). The van der Waals surface area contributed by atoms with Crippen LogP contribution in [0.3, 0.4) is 0 Å². The number of nitrogens with one attached hydrogen (secondary N) is 1. The second-order valence-electron chi connectivity index (χ2n) is 5.33. The van der Waals surface area contributed by atoms with Crippen LogP contribution >= 0.6 is 23.2 Å². The summed E-state index contributed by atoms with van der Waals surface area (Å²) < 4.78 is 5.10. The van der Waals surface area contributed by atoms with Crippen LogP contribution in [0.2, 0.25) is 10.0 Å². The van der Waals surface area contributed by atoms with Crippen LogP contribution in [0.25, 0.3) is 0 Å². The fourth-order valence-corrected chi connectivity index (χ4v) is 1.88. The quantitative estimate of drug-likeness (QED) is 0.492. The summed E-state index contributed by atoms with van der Waals surface area (Å²) in [5.41, 5.74) is 6.26. The van der Waals surface area contributed by atoms with Crippen molar-refractivity contribution in [2.75, 3.05) is 12.3 Å². The summed E-state index contributed by atoms with van der Waals surface area (Å²) in [7, 11) is 0. The fraction of sp³-hybridized carbons (Fsp3) is 0.400. The van der Waals surface area contributed by atoms with Gasteiger partial charge in [-0.15, -0.1) is 0 Å². The third-order valence-electron chi connectivity index (χ3n) is 2.24. The highest BCUT2D eigenvalue weighted by Crippen LogP contribution is 2.26. The van der Waals surface area contributed by atoms with E-state index in [9.17, 15) is 4.79 Å². The molecule has 114 valence electrons. The van der Waals surface area contributed by atoms with Crippen molar-refractivity contribution in [3.8, 4) is 11.8 Å². The van der Waals surface area contributed by atoms with Crippen LogP contribution < -0.4 is 11.1 Å². The molecular formula is C15H18Cl2N2O2. The predicted octanol–water partition coefficient (Wildman–Crippen LogP) is 3.84. The molecule has 0 spiro atoms. The molecule has 0 aromatic heterocycles. The molecule has 0 atom stereocenters. The minimum absolute atomic E-state index is 0.374. The van der Waals surface area contributed by atoms with Crippen molar-refractivity contribution >= 4 is 35.0 Å². The van der Waals surface area contributed by atoms with Gasteiger partial charge in [0.1, 0.15) is 5.60 Å². The minimum atomic E-state index is -0.512. The molecule has 0 unspecified atom stereocenters. The number of nitrogens with two attached hydrogens (primary N) is 1. The lowest BCUT2D eigenvalue weighted by atomic mass is 10.2. The number of nitrogen functional groups attached to an aromatic ring is 1. The average Bonchev–Trinajstić information content (AvgIpc) is 2.32. The summed E-state index contributed by atoms with van der Waals surface area (Å²) in [5.74, 6) is 5.78. The highest BCUT2D eigenvalue weighted by molar-refractivity contribution is 6.36. The van der Waals surface area contributed by atoms with E-state index in [1.807, 2.05) is 0 Å². The first-order valence-electron chi connectivity index (χ1n) is 6.39. The van der Waals surface area contributed by atoms with Gasteiger partial charge < -0.3 is 15.8 Å². The number of hydrogen-bond donors (Lipinski definition) is 2. The van der Waals surface area contributed by atoms with Crippen LogP contribution in [0.15, 0.2) is 12.1 Å². The Morgan fingerprint density at radius 1 is 1.38 bits per heavy atom. The summed E-state index contributed by atoms with van der Waals surface area (Å²) in [6.45, 7) is 5.80. The van der Waals surface area contributed by atoms with Gasteiger partial charge in [-0.25, -0.2) is 4.79 Å². The van der Waals surface area contributed by atoms with E-state index < -0.39 is 11.7 Å². The number of carbonyl (C=O) groups excluding carboxylic acids is 1. The van der Waals surface area contributed by atoms with E-state index >= 15 is 0 Å². The Kier molecular flexibility index (Phi) is 6.19. The first kappa shape index (κ1) is 17.5. The molecule has 0 radical (unpaired) electrons. The first-order valence-corrected chi connectivity index (χ1v) is 7.15. The molecule has 0 aliphatic heterocycles. The summed E-state index contributed by atoms with van der Waals surface area (Å²) in [6.07, 6.45) is -0.00219. The molecule has 0 aliphatic rings. The Hall–Kier alpha value is -1.57. The largest absolute Gasteiger partial charge is 0.444 e. The Morgan fingerprint density at radius 2 is 2.05 bits per heavy atom. The van der Waals surface area contributed by atoms with Crippen LogP contribution in [0.5, 0.6) is 0 Å². The zero-order valence-electron chi connectivity index (χ0n) is 12.2. The Labute approximate surface area is 134 Å². The molecule has 1 aromatic carbocycles. The molecule has 1 rings (SSSR count). The van der Waals surface area contributed by atoms with Gasteiger partial charge in [0.15, 0.2) is 0 Å². The zero-order valence-corrected chi connectivity index (χ0v) is 13.7. The smallest absolute Gasteiger partial charge is 0.407 e. The van der Waals surface area contributed by atoms with E-state index in [-0.39, 0.29) is 0 Å². The van der Waals surface area contributed by atoms with Crippen molar-refractivity contribution in [2.45, 2.75) is 32.8 Å². The van der Waals surface area contributed by atoms with Crippen LogP contribution in [0.1, 0.15) is 32.8 Å². The van der Waals surface area contributed by atoms with Gasteiger partial charge in [-0.2, -0.15) is 0 Å². The summed E-state index contributed by atoms with van der Waals surface area (Å²) >= 11 is 11.8. The molecule has 0 bridgehead atoms. The van der Waals surface area contributed by atoms with Gasteiger partial charge in [-0.05, 0) is 32.9 Å². The molecule has 0 saturated carbocycles. The molecule has 4 nitrogen and oxygen atoms in total. The van der Waals surface area contributed by atoms with Crippen molar-refractivity contribution in [3.05, 3.63) is 27.7 Å². The molecule has 21 heavy (non-hydrogen) atoms. The van der Waals surface area contributed by atoms with E-state index in [4.69, 9.17) is 33.7 Å². The lowest BCUT2D eigenvalue weighted by Crippen LogP contribution is -2.32. The highest BCUT2D eigenvalue weighted by atomic mass is 35.5. The molecule has 1 aromatic rings. The monoisotopic (exact) mass is 328 g/mol. The molecule has 0 heterocycles. The van der Waals surface area contributed by atoms with E-state index in [0.717, 1.165) is 0 Å². The number of anilines is 1. The molecule has 0 aliphatic carbocycles. The Morgan fingerprint density at radius 3 is 2.67 bits per heavy atom. The van der Waals surface area contributed by atoms with Gasteiger partial charge in [0.25, 0.3) is 0 Å². The summed E-state index contributed by atoms with van der Waals surface area (Å²) in [5, 5.41) is 3.47. The molecule has 0 fully saturated rings. The number of benzene rings is 1. The minimum Gasteiger partial charge on any atom is -0.444 e. The third-order valence-corrected chi connectivity index (χ3v) is 2.77. The Balaban J connectivity index is 2.50. The Bertz CT molecular complexity index is 584. The van der Waals surface area contributed by atoms with Gasteiger partial charge in [0.05, 0.1) is 16.3 Å². The maximum absolute atomic E-state index is 11.4. The highest BCUT2D eigenvalue weighted by Gasteiger charge is 2.15. The number of amides is 1. The van der Waals surface area contributed by atoms with E-state index in [1.165, 1.54) is 0 Å². The van der Waals surface area contributed by atoms with Crippen LogP contribution in [-0.2, 0) is 4.74 Å². The number of rotatable bonds is 2. The topological polar surface area (TPSA) is 64.3 Å². The maximum Gasteiger partial charge on any atom is 0.407 e. The van der Waals surface area contributed by atoms with E-state index in [2.05, 4.69) is 17.2 Å². The first-order chi connectivity index (χ1) is 9.69. The average molecular weight is 329 g/mol. The number of alkyl carbamates (subject to hydrolysis) is 1. The van der Waals surface area contributed by atoms with Gasteiger partial charge in [-0.3, -0.25) is 0 Å². The number of hydrogen-bond acceptors (Lipinski definition) is 3. The zero-order chi connectivity index (χ0) is 16.0. The third kappa shape index (κ3) is 6.61. The van der Waals surface area contributed by atoms with Gasteiger partial charge in [0.2, 0.25) is 0 Å². The van der Waals surface area contributed by atoms with E-state index in [1.54, 1.807) is 32.9 Å². The van der Waals surface area contributed by atoms with Crippen LogP contribution in [0.4, 0.5) is 10.5 Å². The van der Waals surface area contributed by atoms with Crippen molar-refractivity contribution in [3.63, 3.8) is 0 Å². The summed E-state index contributed by atoms with van der Waals surface area (Å²) in [4.78, 5) is 11.4. The van der Waals surface area contributed by atoms with E-state index in [0.29, 0.717) is 34.3 Å². The number of carbonyl (C=O) groups is 1. The molecule has 6 heteroatoms. The van der Waals surface area contributed by atoms with Crippen molar-refractivity contribution in [1.29, 1.82) is 0 Å². The maximum atomic E-state index is 11.4. The second-order valence-corrected chi connectivity index (χ2v) is 6.17. The number of ether oxygens (including phenoxy) is 1. The van der Waals surface area contributed by atoms with Gasteiger partial charge in [0, 0.05) is 18.0 Å². The van der Waals surface area contributed by atoms with Crippen molar-refractivity contribution in [2.24, 2.45) is 0 Å².